The molecule has 0 radical (unpaired) electrons. The Morgan fingerprint density at radius 1 is 1.19 bits per heavy atom. The van der Waals surface area contributed by atoms with Crippen LogP contribution in [0.15, 0.2) is 23.1 Å². The first kappa shape index (κ1) is 15.1. The van der Waals surface area contributed by atoms with Crippen LogP contribution in [0, 0.1) is 11.8 Å². The molecule has 1 aromatic rings. The molecule has 2 aliphatic rings. The molecule has 1 aromatic carbocycles. The van der Waals surface area contributed by atoms with Gasteiger partial charge in [0, 0.05) is 31.1 Å². The van der Waals surface area contributed by atoms with Crippen molar-refractivity contribution in [2.24, 2.45) is 11.8 Å². The standard InChI is InChI=1S/C13H14Cl2N2O3S/c14-10-1-2-11(15)12(4-10)21(19,20)17-6-8-3-13(18)16-5-9(8)7-17/h1-2,4,8-9H,3,5-7H2,(H,16,18)/t8-,9+/m1/s1. The molecule has 0 aliphatic carbocycles. The normalized spacial score (nSPS) is 26.5. The maximum Gasteiger partial charge on any atom is 0.244 e. The number of rotatable bonds is 2. The van der Waals surface area contributed by atoms with E-state index in [2.05, 4.69) is 5.32 Å². The number of piperidine rings is 1. The van der Waals surface area contributed by atoms with Crippen molar-refractivity contribution in [1.29, 1.82) is 0 Å². The zero-order chi connectivity index (χ0) is 15.2. The molecule has 2 atom stereocenters. The summed E-state index contributed by atoms with van der Waals surface area (Å²) in [5, 5.41) is 3.26. The molecule has 0 aromatic heterocycles. The molecule has 0 saturated carbocycles. The summed E-state index contributed by atoms with van der Waals surface area (Å²) >= 11 is 11.9. The molecule has 8 heteroatoms. The summed E-state index contributed by atoms with van der Waals surface area (Å²) in [5.41, 5.74) is 0. The Balaban J connectivity index is 1.89. The molecule has 0 unspecified atom stereocenters. The van der Waals surface area contributed by atoms with Crippen molar-refractivity contribution >= 4 is 39.1 Å². The monoisotopic (exact) mass is 348 g/mol. The minimum absolute atomic E-state index is 0.0173. The van der Waals surface area contributed by atoms with E-state index in [1.165, 1.54) is 16.4 Å². The lowest BCUT2D eigenvalue weighted by Gasteiger charge is -2.23. The molecule has 3 rings (SSSR count). The Hall–Kier alpha value is -0.820. The van der Waals surface area contributed by atoms with Crippen LogP contribution in [-0.4, -0.2) is 38.3 Å². The maximum atomic E-state index is 12.7. The number of hydrogen-bond donors (Lipinski definition) is 1. The van der Waals surface area contributed by atoms with Gasteiger partial charge in [0.2, 0.25) is 15.9 Å². The molecule has 0 bridgehead atoms. The van der Waals surface area contributed by atoms with Gasteiger partial charge in [0.1, 0.15) is 4.90 Å². The fourth-order valence-electron chi connectivity index (χ4n) is 2.92. The van der Waals surface area contributed by atoms with Crippen molar-refractivity contribution in [3.05, 3.63) is 28.2 Å². The van der Waals surface area contributed by atoms with Gasteiger partial charge in [-0.05, 0) is 30.0 Å². The molecular weight excluding hydrogens is 335 g/mol. The average molecular weight is 349 g/mol. The van der Waals surface area contributed by atoms with Crippen LogP contribution >= 0.6 is 23.2 Å². The lowest BCUT2D eigenvalue weighted by Crippen LogP contribution is -2.40. The van der Waals surface area contributed by atoms with Gasteiger partial charge in [-0.25, -0.2) is 8.42 Å². The zero-order valence-corrected chi connectivity index (χ0v) is 13.4. The minimum atomic E-state index is -3.69. The third-order valence-corrected chi connectivity index (χ3v) is 6.61. The summed E-state index contributed by atoms with van der Waals surface area (Å²) < 4.78 is 26.8. The van der Waals surface area contributed by atoms with Crippen molar-refractivity contribution in [3.8, 4) is 0 Å². The Bertz CT molecular complexity index is 693. The topological polar surface area (TPSA) is 66.5 Å². The second-order valence-corrected chi connectivity index (χ2v) is 8.18. The number of sulfonamides is 1. The Morgan fingerprint density at radius 3 is 2.67 bits per heavy atom. The summed E-state index contributed by atoms with van der Waals surface area (Å²) in [4.78, 5) is 11.4. The predicted molar refractivity (Wildman–Crippen MR) is 79.8 cm³/mol. The number of carbonyl (C=O) groups excluding carboxylic acids is 1. The van der Waals surface area contributed by atoms with E-state index in [-0.39, 0.29) is 27.7 Å². The molecule has 114 valence electrons. The van der Waals surface area contributed by atoms with E-state index in [1.54, 1.807) is 6.07 Å². The molecule has 21 heavy (non-hydrogen) atoms. The quantitative estimate of drug-likeness (QED) is 0.885. The number of fused-ring (bicyclic) bond motifs is 1. The lowest BCUT2D eigenvalue weighted by atomic mass is 9.89. The first-order valence-electron chi connectivity index (χ1n) is 6.60. The third-order valence-electron chi connectivity index (χ3n) is 4.06. The Labute approximate surface area is 133 Å². The molecule has 0 spiro atoms. The number of nitrogens with one attached hydrogen (secondary N) is 1. The van der Waals surface area contributed by atoms with E-state index in [0.29, 0.717) is 31.1 Å². The fourth-order valence-corrected chi connectivity index (χ4v) is 5.21. The van der Waals surface area contributed by atoms with Crippen LogP contribution in [0.25, 0.3) is 0 Å². The van der Waals surface area contributed by atoms with Crippen LogP contribution in [0.5, 0.6) is 0 Å². The van der Waals surface area contributed by atoms with Gasteiger partial charge >= 0.3 is 0 Å². The van der Waals surface area contributed by atoms with Gasteiger partial charge in [0.15, 0.2) is 0 Å². The third kappa shape index (κ3) is 2.77. The maximum absolute atomic E-state index is 12.7. The fraction of sp³-hybridized carbons (Fsp3) is 0.462. The van der Waals surface area contributed by atoms with Gasteiger partial charge in [-0.15, -0.1) is 0 Å². The van der Waals surface area contributed by atoms with Gasteiger partial charge in [-0.3, -0.25) is 4.79 Å². The van der Waals surface area contributed by atoms with Crippen molar-refractivity contribution in [3.63, 3.8) is 0 Å². The van der Waals surface area contributed by atoms with Crippen molar-refractivity contribution in [2.45, 2.75) is 11.3 Å². The van der Waals surface area contributed by atoms with E-state index in [4.69, 9.17) is 23.2 Å². The highest BCUT2D eigenvalue weighted by molar-refractivity contribution is 7.89. The number of amides is 1. The van der Waals surface area contributed by atoms with Gasteiger partial charge in [-0.1, -0.05) is 23.2 Å². The second kappa shape index (κ2) is 5.43. The Morgan fingerprint density at radius 2 is 1.90 bits per heavy atom. The highest BCUT2D eigenvalue weighted by Gasteiger charge is 2.42. The Kier molecular flexibility index (Phi) is 3.90. The highest BCUT2D eigenvalue weighted by atomic mass is 35.5. The summed E-state index contributed by atoms with van der Waals surface area (Å²) in [6, 6.07) is 4.39. The van der Waals surface area contributed by atoms with Crippen LogP contribution in [0.3, 0.4) is 0 Å². The number of hydrogen-bond acceptors (Lipinski definition) is 3. The van der Waals surface area contributed by atoms with Crippen LogP contribution in [0.4, 0.5) is 0 Å². The second-order valence-electron chi connectivity index (χ2n) is 5.43. The molecule has 5 nitrogen and oxygen atoms in total. The van der Waals surface area contributed by atoms with E-state index in [9.17, 15) is 13.2 Å². The van der Waals surface area contributed by atoms with E-state index in [0.717, 1.165) is 0 Å². The summed E-state index contributed by atoms with van der Waals surface area (Å²) in [5.74, 6) is 0.221. The lowest BCUT2D eigenvalue weighted by molar-refractivity contribution is -0.124. The SMILES string of the molecule is O=C1C[C@@H]2CN(S(=O)(=O)c3cc(Cl)ccc3Cl)C[C@@H]2CN1. The van der Waals surface area contributed by atoms with Gasteiger partial charge in [-0.2, -0.15) is 4.31 Å². The smallest absolute Gasteiger partial charge is 0.244 e. The zero-order valence-electron chi connectivity index (χ0n) is 11.1. The van der Waals surface area contributed by atoms with Crippen molar-refractivity contribution in [1.82, 2.24) is 9.62 Å². The highest BCUT2D eigenvalue weighted by Crippen LogP contribution is 2.35. The van der Waals surface area contributed by atoms with Crippen LogP contribution in [0.2, 0.25) is 10.0 Å². The van der Waals surface area contributed by atoms with Gasteiger partial charge in [0.25, 0.3) is 0 Å². The van der Waals surface area contributed by atoms with Crippen LogP contribution in [0.1, 0.15) is 6.42 Å². The number of nitrogens with zero attached hydrogens (tertiary/aromatic N) is 1. The first-order chi connectivity index (χ1) is 9.88. The van der Waals surface area contributed by atoms with Crippen molar-refractivity contribution in [2.75, 3.05) is 19.6 Å². The summed E-state index contributed by atoms with van der Waals surface area (Å²) in [6.45, 7) is 1.28. The van der Waals surface area contributed by atoms with E-state index in [1.807, 2.05) is 0 Å². The summed E-state index contributed by atoms with van der Waals surface area (Å²) in [7, 11) is -3.69. The van der Waals surface area contributed by atoms with Crippen LogP contribution in [-0.2, 0) is 14.8 Å². The molecule has 2 heterocycles. The molecule has 1 N–H and O–H groups in total. The van der Waals surface area contributed by atoms with Gasteiger partial charge < -0.3 is 5.32 Å². The summed E-state index contributed by atoms with van der Waals surface area (Å²) in [6.07, 6.45) is 0.375. The van der Waals surface area contributed by atoms with Gasteiger partial charge in [0.05, 0.1) is 5.02 Å². The predicted octanol–water partition coefficient (Wildman–Crippen LogP) is 1.75. The molecule has 2 aliphatic heterocycles. The number of carbonyl (C=O) groups is 1. The van der Waals surface area contributed by atoms with E-state index < -0.39 is 10.0 Å². The van der Waals surface area contributed by atoms with Crippen LogP contribution < -0.4 is 5.32 Å². The minimum Gasteiger partial charge on any atom is -0.356 e. The average Bonchev–Trinajstić information content (AvgIpc) is 2.85. The molecule has 2 saturated heterocycles. The molecule has 2 fully saturated rings. The first-order valence-corrected chi connectivity index (χ1v) is 8.79. The largest absolute Gasteiger partial charge is 0.356 e. The molecular formula is C13H14Cl2N2O3S. The van der Waals surface area contributed by atoms with E-state index >= 15 is 0 Å². The number of benzene rings is 1. The molecule has 1 amide bonds. The van der Waals surface area contributed by atoms with Crippen molar-refractivity contribution < 1.29 is 13.2 Å². The number of halogens is 2.